The maximum atomic E-state index is 12.4. The SMILES string of the molecule is CCN(CC)C(=O)[C@H]1CCCN1C(=O)Nc1cn[nH]c1. The number of carbonyl (C=O) groups is 2. The molecular formula is C13H21N5O2. The Morgan fingerprint density at radius 1 is 1.50 bits per heavy atom. The van der Waals surface area contributed by atoms with Crippen LogP contribution in [0.15, 0.2) is 12.4 Å². The highest BCUT2D eigenvalue weighted by Crippen LogP contribution is 2.20. The number of anilines is 1. The molecule has 0 unspecified atom stereocenters. The molecule has 1 fully saturated rings. The Hall–Kier alpha value is -2.05. The molecule has 1 saturated heterocycles. The van der Waals surface area contributed by atoms with Crippen molar-refractivity contribution >= 4 is 17.6 Å². The number of carbonyl (C=O) groups excluding carboxylic acids is 2. The summed E-state index contributed by atoms with van der Waals surface area (Å²) in [5.74, 6) is 0.0369. The first-order valence-electron chi connectivity index (χ1n) is 7.02. The van der Waals surface area contributed by atoms with Gasteiger partial charge >= 0.3 is 6.03 Å². The summed E-state index contributed by atoms with van der Waals surface area (Å²) in [6, 6.07) is -0.587. The molecule has 1 aromatic heterocycles. The number of rotatable bonds is 4. The summed E-state index contributed by atoms with van der Waals surface area (Å²) < 4.78 is 0. The quantitative estimate of drug-likeness (QED) is 0.871. The minimum absolute atomic E-state index is 0.0369. The van der Waals surface area contributed by atoms with Crippen LogP contribution >= 0.6 is 0 Å². The van der Waals surface area contributed by atoms with Crippen molar-refractivity contribution in [3.05, 3.63) is 12.4 Å². The Kier molecular flexibility index (Phi) is 4.60. The highest BCUT2D eigenvalue weighted by atomic mass is 16.2. The van der Waals surface area contributed by atoms with Crippen LogP contribution < -0.4 is 5.32 Å². The molecule has 2 rings (SSSR count). The molecule has 1 atom stereocenters. The van der Waals surface area contributed by atoms with Crippen LogP contribution in [-0.4, -0.2) is 57.6 Å². The van der Waals surface area contributed by atoms with Crippen LogP contribution in [0, 0.1) is 0 Å². The van der Waals surface area contributed by atoms with Crippen molar-refractivity contribution in [2.45, 2.75) is 32.7 Å². The van der Waals surface area contributed by atoms with Gasteiger partial charge in [-0.2, -0.15) is 5.10 Å². The van der Waals surface area contributed by atoms with E-state index in [-0.39, 0.29) is 18.0 Å². The molecule has 3 amide bonds. The molecule has 0 aliphatic carbocycles. The van der Waals surface area contributed by atoms with Crippen molar-refractivity contribution in [1.82, 2.24) is 20.0 Å². The van der Waals surface area contributed by atoms with Gasteiger partial charge in [-0.05, 0) is 26.7 Å². The lowest BCUT2D eigenvalue weighted by atomic mass is 10.2. The fourth-order valence-corrected chi connectivity index (χ4v) is 2.53. The number of likely N-dealkylation sites (N-methyl/N-ethyl adjacent to an activating group) is 1. The van der Waals surface area contributed by atoms with Crippen LogP contribution in [-0.2, 0) is 4.79 Å². The second-order valence-electron chi connectivity index (χ2n) is 4.78. The predicted molar refractivity (Wildman–Crippen MR) is 75.3 cm³/mol. The molecule has 0 saturated carbocycles. The molecule has 1 aliphatic rings. The molecule has 0 spiro atoms. The molecule has 7 heteroatoms. The van der Waals surface area contributed by atoms with E-state index < -0.39 is 0 Å². The van der Waals surface area contributed by atoms with Gasteiger partial charge < -0.3 is 15.1 Å². The topological polar surface area (TPSA) is 81.3 Å². The van der Waals surface area contributed by atoms with E-state index in [1.807, 2.05) is 13.8 Å². The van der Waals surface area contributed by atoms with Gasteiger partial charge in [0.2, 0.25) is 5.91 Å². The van der Waals surface area contributed by atoms with E-state index in [9.17, 15) is 9.59 Å². The van der Waals surface area contributed by atoms with E-state index in [4.69, 9.17) is 0 Å². The van der Waals surface area contributed by atoms with E-state index in [2.05, 4.69) is 15.5 Å². The Balaban J connectivity index is 2.03. The zero-order chi connectivity index (χ0) is 14.5. The average Bonchev–Trinajstić information content (AvgIpc) is 3.10. The van der Waals surface area contributed by atoms with E-state index in [1.54, 1.807) is 16.0 Å². The normalized spacial score (nSPS) is 18.1. The number of likely N-dealkylation sites (tertiary alicyclic amines) is 1. The number of nitrogens with zero attached hydrogens (tertiary/aromatic N) is 3. The summed E-state index contributed by atoms with van der Waals surface area (Å²) in [6.07, 6.45) is 4.73. The second-order valence-corrected chi connectivity index (χ2v) is 4.78. The Labute approximate surface area is 118 Å². The first-order chi connectivity index (χ1) is 9.67. The van der Waals surface area contributed by atoms with Crippen molar-refractivity contribution < 1.29 is 9.59 Å². The summed E-state index contributed by atoms with van der Waals surface area (Å²) in [4.78, 5) is 28.0. The zero-order valence-electron chi connectivity index (χ0n) is 11.9. The van der Waals surface area contributed by atoms with Gasteiger partial charge in [0, 0.05) is 25.8 Å². The fourth-order valence-electron chi connectivity index (χ4n) is 2.53. The number of hydrogen-bond donors (Lipinski definition) is 2. The van der Waals surface area contributed by atoms with Crippen molar-refractivity contribution in [2.24, 2.45) is 0 Å². The number of urea groups is 1. The molecule has 20 heavy (non-hydrogen) atoms. The molecule has 0 aromatic carbocycles. The summed E-state index contributed by atoms with van der Waals surface area (Å²) in [7, 11) is 0. The van der Waals surface area contributed by atoms with Crippen LogP contribution in [0.3, 0.4) is 0 Å². The maximum absolute atomic E-state index is 12.4. The van der Waals surface area contributed by atoms with Crippen LogP contribution in [0.5, 0.6) is 0 Å². The lowest BCUT2D eigenvalue weighted by Gasteiger charge is -2.28. The van der Waals surface area contributed by atoms with Crippen molar-refractivity contribution in [2.75, 3.05) is 25.0 Å². The van der Waals surface area contributed by atoms with Crippen LogP contribution in [0.4, 0.5) is 10.5 Å². The molecular weight excluding hydrogens is 258 g/mol. The van der Waals surface area contributed by atoms with Gasteiger partial charge in [-0.3, -0.25) is 9.89 Å². The van der Waals surface area contributed by atoms with E-state index in [1.165, 1.54) is 6.20 Å². The summed E-state index contributed by atoms with van der Waals surface area (Å²) in [5.41, 5.74) is 0.607. The van der Waals surface area contributed by atoms with Gasteiger partial charge in [0.25, 0.3) is 0 Å². The summed E-state index contributed by atoms with van der Waals surface area (Å²) in [6.45, 7) is 5.85. The van der Waals surface area contributed by atoms with Crippen molar-refractivity contribution in [3.8, 4) is 0 Å². The first kappa shape index (κ1) is 14.4. The number of aromatic nitrogens is 2. The largest absolute Gasteiger partial charge is 0.341 e. The van der Waals surface area contributed by atoms with Gasteiger partial charge in [0.15, 0.2) is 0 Å². The predicted octanol–water partition coefficient (Wildman–Crippen LogP) is 1.27. The average molecular weight is 279 g/mol. The van der Waals surface area contributed by atoms with Gasteiger partial charge in [0.05, 0.1) is 11.9 Å². The maximum Gasteiger partial charge on any atom is 0.322 e. The standard InChI is InChI=1S/C13H21N5O2/c1-3-17(4-2)12(19)11-6-5-7-18(11)13(20)16-10-8-14-15-9-10/h8-9,11H,3-7H2,1-2H3,(H,14,15)(H,16,20)/t11-/m1/s1. The lowest BCUT2D eigenvalue weighted by Crippen LogP contribution is -2.48. The second kappa shape index (κ2) is 6.40. The smallest absolute Gasteiger partial charge is 0.322 e. The highest BCUT2D eigenvalue weighted by Gasteiger charge is 2.35. The molecule has 1 aliphatic heterocycles. The lowest BCUT2D eigenvalue weighted by molar-refractivity contribution is -0.134. The minimum Gasteiger partial charge on any atom is -0.341 e. The third-order valence-electron chi connectivity index (χ3n) is 3.62. The van der Waals surface area contributed by atoms with E-state index >= 15 is 0 Å². The highest BCUT2D eigenvalue weighted by molar-refractivity contribution is 5.94. The van der Waals surface area contributed by atoms with Gasteiger partial charge in [0.1, 0.15) is 6.04 Å². The number of hydrogen-bond acceptors (Lipinski definition) is 3. The third-order valence-corrected chi connectivity index (χ3v) is 3.62. The zero-order valence-corrected chi connectivity index (χ0v) is 11.9. The number of H-pyrrole nitrogens is 1. The molecule has 2 heterocycles. The number of nitrogens with one attached hydrogen (secondary N) is 2. The van der Waals surface area contributed by atoms with Gasteiger partial charge in [-0.25, -0.2) is 4.79 Å². The number of aromatic amines is 1. The molecule has 2 N–H and O–H groups in total. The summed E-state index contributed by atoms with van der Waals surface area (Å²) in [5, 5.41) is 9.16. The Morgan fingerprint density at radius 2 is 2.25 bits per heavy atom. The van der Waals surface area contributed by atoms with Crippen molar-refractivity contribution in [1.29, 1.82) is 0 Å². The van der Waals surface area contributed by atoms with Crippen LogP contribution in [0.1, 0.15) is 26.7 Å². The molecule has 0 radical (unpaired) electrons. The van der Waals surface area contributed by atoms with E-state index in [0.29, 0.717) is 25.3 Å². The van der Waals surface area contributed by atoms with Gasteiger partial charge in [-0.15, -0.1) is 0 Å². The molecule has 7 nitrogen and oxygen atoms in total. The van der Waals surface area contributed by atoms with Gasteiger partial charge in [-0.1, -0.05) is 0 Å². The van der Waals surface area contributed by atoms with E-state index in [0.717, 1.165) is 12.8 Å². The minimum atomic E-state index is -0.346. The summed E-state index contributed by atoms with van der Waals surface area (Å²) >= 11 is 0. The molecule has 0 bridgehead atoms. The third kappa shape index (κ3) is 2.92. The van der Waals surface area contributed by atoms with Crippen LogP contribution in [0.2, 0.25) is 0 Å². The first-order valence-corrected chi connectivity index (χ1v) is 7.02. The Bertz CT molecular complexity index is 455. The fraction of sp³-hybridized carbons (Fsp3) is 0.615. The molecule has 1 aromatic rings. The van der Waals surface area contributed by atoms with Crippen molar-refractivity contribution in [3.63, 3.8) is 0 Å². The monoisotopic (exact) mass is 279 g/mol. The van der Waals surface area contributed by atoms with Crippen LogP contribution in [0.25, 0.3) is 0 Å². The number of amides is 3. The Morgan fingerprint density at radius 3 is 2.85 bits per heavy atom. The molecule has 110 valence electrons.